The molecule has 0 radical (unpaired) electrons. The van der Waals surface area contributed by atoms with Crippen LogP contribution < -0.4 is 10.4 Å². The van der Waals surface area contributed by atoms with Crippen molar-refractivity contribution in [2.75, 3.05) is 11.8 Å². The van der Waals surface area contributed by atoms with Crippen LogP contribution >= 0.6 is 11.6 Å². The van der Waals surface area contributed by atoms with Crippen molar-refractivity contribution in [1.29, 1.82) is 0 Å². The molecule has 3 N–H and O–H groups in total. The van der Waals surface area contributed by atoms with Crippen molar-refractivity contribution >= 4 is 44.3 Å². The molecule has 4 rings (SSSR count). The van der Waals surface area contributed by atoms with Crippen molar-refractivity contribution in [2.45, 2.75) is 11.4 Å². The summed E-state index contributed by atoms with van der Waals surface area (Å²) in [5.74, 6) is -0.207. The van der Waals surface area contributed by atoms with E-state index in [1.807, 2.05) is 12.1 Å². The normalized spacial score (nSPS) is 11.4. The van der Waals surface area contributed by atoms with Crippen molar-refractivity contribution in [2.24, 2.45) is 0 Å². The number of aromatic amines is 2. The summed E-state index contributed by atoms with van der Waals surface area (Å²) in [5.41, 5.74) is 2.12. The van der Waals surface area contributed by atoms with Gasteiger partial charge in [-0.15, -0.1) is 0 Å². The molecule has 0 saturated carbocycles. The Balaban J connectivity index is 1.47. The highest BCUT2D eigenvalue weighted by Crippen LogP contribution is 2.20. The lowest BCUT2D eigenvalue weighted by atomic mass is 10.1. The Morgan fingerprint density at radius 3 is 2.44 bits per heavy atom. The van der Waals surface area contributed by atoms with Gasteiger partial charge in [-0.2, -0.15) is 0 Å². The first-order chi connectivity index (χ1) is 15.2. The van der Waals surface area contributed by atoms with Crippen molar-refractivity contribution in [3.05, 3.63) is 93.4 Å². The molecule has 10 heteroatoms. The third kappa shape index (κ3) is 4.68. The molecule has 1 aromatic heterocycles. The van der Waals surface area contributed by atoms with Crippen LogP contribution in [0.1, 0.15) is 15.9 Å². The Labute approximate surface area is 188 Å². The maximum absolute atomic E-state index is 12.7. The minimum Gasteiger partial charge on any atom is -0.337 e. The number of halogens is 1. The minimum absolute atomic E-state index is 0.00154. The molecule has 0 spiro atoms. The van der Waals surface area contributed by atoms with Crippen LogP contribution in [0.4, 0.5) is 5.69 Å². The molecule has 0 aliphatic carbocycles. The summed E-state index contributed by atoms with van der Waals surface area (Å²) in [5, 5.41) is 0.599. The van der Waals surface area contributed by atoms with Crippen molar-refractivity contribution in [3.63, 3.8) is 0 Å². The quantitative estimate of drug-likeness (QED) is 0.399. The van der Waals surface area contributed by atoms with Crippen molar-refractivity contribution in [1.82, 2.24) is 14.9 Å². The van der Waals surface area contributed by atoms with Crippen LogP contribution in [0, 0.1) is 0 Å². The van der Waals surface area contributed by atoms with Crippen LogP contribution in [0.3, 0.4) is 0 Å². The molecule has 0 saturated heterocycles. The molecular weight excluding hydrogens is 452 g/mol. The lowest BCUT2D eigenvalue weighted by Gasteiger charge is -2.18. The van der Waals surface area contributed by atoms with Crippen LogP contribution in [-0.4, -0.2) is 36.2 Å². The number of imidazole rings is 1. The topological polar surface area (TPSA) is 115 Å². The van der Waals surface area contributed by atoms with E-state index >= 15 is 0 Å². The Bertz CT molecular complexity index is 1460. The largest absolute Gasteiger partial charge is 0.337 e. The standard InChI is InChI=1S/C22H19ClN4O4S/c1-27(13-14-3-2-4-16(23)11-14)21(28)15-5-7-17(8-6-15)26-32(30,31)18-9-10-19-20(12-18)25-22(29)24-19/h2-12,26H,13H2,1H3,(H2,24,25,29). The number of carbonyl (C=O) groups excluding carboxylic acids is 1. The number of fused-ring (bicyclic) bond motifs is 1. The summed E-state index contributed by atoms with van der Waals surface area (Å²) in [6.45, 7) is 0.386. The van der Waals surface area contributed by atoms with E-state index in [-0.39, 0.29) is 10.8 Å². The number of rotatable bonds is 6. The number of hydrogen-bond acceptors (Lipinski definition) is 4. The average Bonchev–Trinajstić information content (AvgIpc) is 3.12. The molecule has 0 bridgehead atoms. The minimum atomic E-state index is -3.88. The highest BCUT2D eigenvalue weighted by Gasteiger charge is 2.17. The Kier molecular flexibility index (Phi) is 5.77. The number of benzene rings is 3. The van der Waals surface area contributed by atoms with E-state index in [2.05, 4.69) is 14.7 Å². The zero-order valence-corrected chi connectivity index (χ0v) is 18.5. The molecule has 0 atom stereocenters. The zero-order valence-electron chi connectivity index (χ0n) is 16.9. The van der Waals surface area contributed by atoms with E-state index < -0.39 is 15.7 Å². The highest BCUT2D eigenvalue weighted by atomic mass is 35.5. The number of aromatic nitrogens is 2. The molecule has 1 amide bonds. The summed E-state index contributed by atoms with van der Waals surface area (Å²) in [7, 11) is -2.20. The van der Waals surface area contributed by atoms with Gasteiger partial charge in [0.05, 0.1) is 15.9 Å². The van der Waals surface area contributed by atoms with Gasteiger partial charge in [0.25, 0.3) is 15.9 Å². The molecule has 32 heavy (non-hydrogen) atoms. The van der Waals surface area contributed by atoms with E-state index in [9.17, 15) is 18.0 Å². The Morgan fingerprint density at radius 1 is 1.00 bits per heavy atom. The van der Waals surface area contributed by atoms with E-state index in [0.717, 1.165) is 5.56 Å². The fraction of sp³-hybridized carbons (Fsp3) is 0.0909. The smallest absolute Gasteiger partial charge is 0.323 e. The van der Waals surface area contributed by atoms with Gasteiger partial charge < -0.3 is 14.9 Å². The Morgan fingerprint density at radius 2 is 1.72 bits per heavy atom. The summed E-state index contributed by atoms with van der Waals surface area (Å²) in [4.78, 5) is 30.7. The van der Waals surface area contributed by atoms with Crippen LogP contribution in [-0.2, 0) is 16.6 Å². The average molecular weight is 471 g/mol. The molecule has 0 fully saturated rings. The van der Waals surface area contributed by atoms with Gasteiger partial charge in [0.15, 0.2) is 0 Å². The van der Waals surface area contributed by atoms with Crippen molar-refractivity contribution < 1.29 is 13.2 Å². The maximum Gasteiger partial charge on any atom is 0.323 e. The Hall–Kier alpha value is -3.56. The lowest BCUT2D eigenvalue weighted by Crippen LogP contribution is -2.26. The number of sulfonamides is 1. The van der Waals surface area contributed by atoms with Crippen LogP contribution in [0.2, 0.25) is 5.02 Å². The second-order valence-corrected chi connectivity index (χ2v) is 9.38. The number of hydrogen-bond donors (Lipinski definition) is 3. The molecule has 0 aliphatic rings. The molecule has 3 aromatic carbocycles. The second-order valence-electron chi connectivity index (χ2n) is 7.26. The molecule has 0 unspecified atom stereocenters. The third-order valence-electron chi connectivity index (χ3n) is 4.84. The molecule has 4 aromatic rings. The molecule has 0 aliphatic heterocycles. The number of anilines is 1. The first-order valence-corrected chi connectivity index (χ1v) is 11.4. The fourth-order valence-corrected chi connectivity index (χ4v) is 4.57. The lowest BCUT2D eigenvalue weighted by molar-refractivity contribution is 0.0785. The zero-order chi connectivity index (χ0) is 22.9. The van der Waals surface area contributed by atoms with E-state index in [1.165, 1.54) is 30.3 Å². The summed E-state index contributed by atoms with van der Waals surface area (Å²) >= 11 is 5.99. The van der Waals surface area contributed by atoms with E-state index in [1.54, 1.807) is 36.2 Å². The second kappa shape index (κ2) is 8.52. The first-order valence-electron chi connectivity index (χ1n) is 9.56. The van der Waals surface area contributed by atoms with E-state index in [0.29, 0.717) is 33.9 Å². The number of nitrogens with zero attached hydrogens (tertiary/aromatic N) is 1. The summed E-state index contributed by atoms with van der Waals surface area (Å²) < 4.78 is 27.9. The van der Waals surface area contributed by atoms with Crippen LogP contribution in [0.25, 0.3) is 11.0 Å². The molecule has 164 valence electrons. The predicted octanol–water partition coefficient (Wildman–Crippen LogP) is 3.58. The number of carbonyl (C=O) groups is 1. The molecule has 8 nitrogen and oxygen atoms in total. The van der Waals surface area contributed by atoms with Gasteiger partial charge in [-0.3, -0.25) is 9.52 Å². The van der Waals surface area contributed by atoms with Crippen LogP contribution in [0.15, 0.2) is 76.4 Å². The maximum atomic E-state index is 12.7. The van der Waals surface area contributed by atoms with Crippen LogP contribution in [0.5, 0.6) is 0 Å². The SMILES string of the molecule is CN(Cc1cccc(Cl)c1)C(=O)c1ccc(NS(=O)(=O)c2ccc3[nH]c(=O)[nH]c3c2)cc1. The first kappa shape index (κ1) is 21.7. The van der Waals surface area contributed by atoms with Gasteiger partial charge in [0, 0.05) is 29.9 Å². The van der Waals surface area contributed by atoms with Gasteiger partial charge in [0.1, 0.15) is 0 Å². The van der Waals surface area contributed by atoms with Gasteiger partial charge in [-0.25, -0.2) is 13.2 Å². The molecular formula is C22H19ClN4O4S. The summed E-state index contributed by atoms with van der Waals surface area (Å²) in [6.07, 6.45) is 0. The van der Waals surface area contributed by atoms with E-state index in [4.69, 9.17) is 11.6 Å². The predicted molar refractivity (Wildman–Crippen MR) is 123 cm³/mol. The van der Waals surface area contributed by atoms with Gasteiger partial charge in [-0.1, -0.05) is 23.7 Å². The van der Waals surface area contributed by atoms with Gasteiger partial charge in [0.2, 0.25) is 0 Å². The third-order valence-corrected chi connectivity index (χ3v) is 6.45. The van der Waals surface area contributed by atoms with Crippen molar-refractivity contribution in [3.8, 4) is 0 Å². The number of nitrogens with one attached hydrogen (secondary N) is 3. The number of amides is 1. The fourth-order valence-electron chi connectivity index (χ4n) is 3.28. The number of H-pyrrole nitrogens is 2. The highest BCUT2D eigenvalue weighted by molar-refractivity contribution is 7.92. The molecule has 1 heterocycles. The van der Waals surface area contributed by atoms with Gasteiger partial charge in [-0.05, 0) is 60.2 Å². The summed E-state index contributed by atoms with van der Waals surface area (Å²) in [6, 6.07) is 17.7. The van der Waals surface area contributed by atoms with Gasteiger partial charge >= 0.3 is 5.69 Å². The monoisotopic (exact) mass is 470 g/mol.